The Morgan fingerprint density at radius 2 is 1.85 bits per heavy atom. The molecule has 0 radical (unpaired) electrons. The standard InChI is InChI=1S/C22H25FO4/c1-13-8-14(2)19(6-5-17(24)11-18(25)12-22(26)27)20(9-13)16-4-7-21(23)15(3)10-16/h4-10,17-18,24-25H,11-12H2,1-3H3,(H,26,27)/p-1/b6-5+. The highest BCUT2D eigenvalue weighted by molar-refractivity contribution is 5.78. The summed E-state index contributed by atoms with van der Waals surface area (Å²) >= 11 is 0. The van der Waals surface area contributed by atoms with Gasteiger partial charge in [-0.15, -0.1) is 0 Å². The molecule has 2 aromatic carbocycles. The molecule has 0 heterocycles. The summed E-state index contributed by atoms with van der Waals surface area (Å²) < 4.78 is 13.6. The molecular formula is C22H24FO4-. The number of aliphatic carboxylic acids is 1. The number of aryl methyl sites for hydroxylation is 3. The van der Waals surface area contributed by atoms with Crippen molar-refractivity contribution in [1.29, 1.82) is 0 Å². The number of carboxylic acids is 1. The molecule has 2 N–H and O–H groups in total. The van der Waals surface area contributed by atoms with Crippen molar-refractivity contribution < 1.29 is 24.5 Å². The third kappa shape index (κ3) is 5.74. The number of hydrogen-bond donors (Lipinski definition) is 2. The minimum absolute atomic E-state index is 0.0968. The molecule has 2 unspecified atom stereocenters. The first-order valence-corrected chi connectivity index (χ1v) is 8.79. The van der Waals surface area contributed by atoms with E-state index in [0.29, 0.717) is 5.56 Å². The summed E-state index contributed by atoms with van der Waals surface area (Å²) in [5.74, 6) is -1.63. The van der Waals surface area contributed by atoms with Crippen LogP contribution >= 0.6 is 0 Å². The first-order valence-electron chi connectivity index (χ1n) is 8.79. The number of carbonyl (C=O) groups is 1. The Morgan fingerprint density at radius 1 is 1.15 bits per heavy atom. The molecule has 4 nitrogen and oxygen atoms in total. The molecule has 0 aliphatic carbocycles. The molecule has 0 bridgehead atoms. The van der Waals surface area contributed by atoms with Crippen LogP contribution in [0.4, 0.5) is 4.39 Å². The van der Waals surface area contributed by atoms with Gasteiger partial charge in [-0.1, -0.05) is 35.9 Å². The molecule has 0 aliphatic heterocycles. The van der Waals surface area contributed by atoms with Gasteiger partial charge in [0.2, 0.25) is 0 Å². The Hall–Kier alpha value is -2.50. The summed E-state index contributed by atoms with van der Waals surface area (Å²) in [7, 11) is 0. The number of benzene rings is 2. The lowest BCUT2D eigenvalue weighted by Gasteiger charge is -2.15. The Kier molecular flexibility index (Phi) is 6.88. The first kappa shape index (κ1) is 20.8. The zero-order valence-electron chi connectivity index (χ0n) is 15.7. The van der Waals surface area contributed by atoms with Gasteiger partial charge < -0.3 is 20.1 Å². The summed E-state index contributed by atoms with van der Waals surface area (Å²) in [4.78, 5) is 10.5. The summed E-state index contributed by atoms with van der Waals surface area (Å²) in [6.07, 6.45) is 0.486. The predicted octanol–water partition coefficient (Wildman–Crippen LogP) is 2.68. The van der Waals surface area contributed by atoms with E-state index in [1.54, 1.807) is 25.1 Å². The molecule has 0 fully saturated rings. The van der Waals surface area contributed by atoms with Crippen molar-refractivity contribution >= 4 is 12.0 Å². The molecule has 0 aromatic heterocycles. The zero-order valence-corrected chi connectivity index (χ0v) is 15.7. The van der Waals surface area contributed by atoms with Crippen molar-refractivity contribution in [2.45, 2.75) is 45.8 Å². The second-order valence-electron chi connectivity index (χ2n) is 6.90. The lowest BCUT2D eigenvalue weighted by molar-refractivity contribution is -0.307. The Bertz CT molecular complexity index is 858. The highest BCUT2D eigenvalue weighted by atomic mass is 19.1. The molecule has 5 heteroatoms. The molecular weight excluding hydrogens is 347 g/mol. The fraction of sp³-hybridized carbons (Fsp3) is 0.318. The third-order valence-electron chi connectivity index (χ3n) is 4.40. The van der Waals surface area contributed by atoms with Crippen LogP contribution in [0.25, 0.3) is 17.2 Å². The zero-order chi connectivity index (χ0) is 20.1. The number of carbonyl (C=O) groups excluding carboxylic acids is 1. The normalized spacial score (nSPS) is 13.7. The van der Waals surface area contributed by atoms with Crippen molar-refractivity contribution in [3.8, 4) is 11.1 Å². The predicted molar refractivity (Wildman–Crippen MR) is 101 cm³/mol. The van der Waals surface area contributed by atoms with Crippen LogP contribution in [-0.2, 0) is 4.79 Å². The monoisotopic (exact) mass is 371 g/mol. The molecule has 0 amide bonds. The smallest absolute Gasteiger partial charge is 0.126 e. The van der Waals surface area contributed by atoms with E-state index in [1.165, 1.54) is 12.1 Å². The molecule has 0 aliphatic rings. The molecule has 2 rings (SSSR count). The van der Waals surface area contributed by atoms with Crippen molar-refractivity contribution in [2.24, 2.45) is 0 Å². The largest absolute Gasteiger partial charge is 0.550 e. The van der Waals surface area contributed by atoms with E-state index in [4.69, 9.17) is 0 Å². The number of aliphatic hydroxyl groups excluding tert-OH is 2. The van der Waals surface area contributed by atoms with Crippen LogP contribution in [0.15, 0.2) is 36.4 Å². The fourth-order valence-corrected chi connectivity index (χ4v) is 3.09. The van der Waals surface area contributed by atoms with Crippen molar-refractivity contribution in [2.75, 3.05) is 0 Å². The van der Waals surface area contributed by atoms with Gasteiger partial charge in [0, 0.05) is 18.8 Å². The number of halogens is 1. The van der Waals surface area contributed by atoms with E-state index >= 15 is 0 Å². The molecule has 2 aromatic rings. The van der Waals surface area contributed by atoms with Gasteiger partial charge in [-0.25, -0.2) is 4.39 Å². The maximum atomic E-state index is 13.6. The van der Waals surface area contributed by atoms with Crippen LogP contribution in [0.2, 0.25) is 0 Å². The maximum Gasteiger partial charge on any atom is 0.126 e. The van der Waals surface area contributed by atoms with Crippen LogP contribution in [-0.4, -0.2) is 28.4 Å². The summed E-state index contributed by atoms with van der Waals surface area (Å²) in [6.45, 7) is 5.63. The van der Waals surface area contributed by atoms with Gasteiger partial charge in [0.25, 0.3) is 0 Å². The SMILES string of the molecule is Cc1cc(C)c(/C=C/C(O)CC(O)CC(=O)[O-])c(-c2ccc(F)c(C)c2)c1. The van der Waals surface area contributed by atoms with E-state index < -0.39 is 24.6 Å². The third-order valence-corrected chi connectivity index (χ3v) is 4.40. The molecule has 144 valence electrons. The van der Waals surface area contributed by atoms with Crippen LogP contribution < -0.4 is 5.11 Å². The molecule has 0 saturated carbocycles. The highest BCUT2D eigenvalue weighted by Gasteiger charge is 2.12. The second kappa shape index (κ2) is 8.93. The number of hydrogen-bond acceptors (Lipinski definition) is 4. The lowest BCUT2D eigenvalue weighted by Crippen LogP contribution is -2.29. The van der Waals surface area contributed by atoms with Gasteiger partial charge in [0.15, 0.2) is 0 Å². The minimum atomic E-state index is -1.36. The quantitative estimate of drug-likeness (QED) is 0.784. The molecule has 0 spiro atoms. The minimum Gasteiger partial charge on any atom is -0.550 e. The van der Waals surface area contributed by atoms with Gasteiger partial charge in [0.05, 0.1) is 12.2 Å². The Balaban J connectivity index is 2.33. The van der Waals surface area contributed by atoms with Crippen molar-refractivity contribution in [1.82, 2.24) is 0 Å². The molecule has 2 atom stereocenters. The van der Waals surface area contributed by atoms with Gasteiger partial charge in [0.1, 0.15) is 5.82 Å². The van der Waals surface area contributed by atoms with Gasteiger partial charge in [-0.05, 0) is 60.7 Å². The van der Waals surface area contributed by atoms with Crippen molar-refractivity contribution in [3.63, 3.8) is 0 Å². The first-order chi connectivity index (χ1) is 12.7. The Labute approximate surface area is 158 Å². The summed E-state index contributed by atoms with van der Waals surface area (Å²) in [5.41, 5.74) is 5.26. The molecule has 27 heavy (non-hydrogen) atoms. The van der Waals surface area contributed by atoms with E-state index in [1.807, 2.05) is 26.0 Å². The van der Waals surface area contributed by atoms with Crippen LogP contribution in [0, 0.1) is 26.6 Å². The topological polar surface area (TPSA) is 80.6 Å². The lowest BCUT2D eigenvalue weighted by atomic mass is 9.92. The summed E-state index contributed by atoms with van der Waals surface area (Å²) in [6, 6.07) is 8.93. The van der Waals surface area contributed by atoms with E-state index in [-0.39, 0.29) is 12.2 Å². The molecule has 0 saturated heterocycles. The van der Waals surface area contributed by atoms with Crippen LogP contribution in [0.3, 0.4) is 0 Å². The summed E-state index contributed by atoms with van der Waals surface area (Å²) in [5, 5.41) is 30.2. The fourth-order valence-electron chi connectivity index (χ4n) is 3.09. The van der Waals surface area contributed by atoms with E-state index in [9.17, 15) is 24.5 Å². The average molecular weight is 371 g/mol. The number of aliphatic hydroxyl groups is 2. The maximum absolute atomic E-state index is 13.6. The second-order valence-corrected chi connectivity index (χ2v) is 6.90. The number of rotatable bonds is 7. The Morgan fingerprint density at radius 3 is 2.48 bits per heavy atom. The van der Waals surface area contributed by atoms with E-state index in [0.717, 1.165) is 27.8 Å². The van der Waals surface area contributed by atoms with Crippen LogP contribution in [0.1, 0.15) is 35.1 Å². The van der Waals surface area contributed by atoms with Gasteiger partial charge >= 0.3 is 0 Å². The number of carboxylic acid groups (broad SMARTS) is 1. The average Bonchev–Trinajstić information content (AvgIpc) is 2.55. The van der Waals surface area contributed by atoms with Crippen LogP contribution in [0.5, 0.6) is 0 Å². The highest BCUT2D eigenvalue weighted by Crippen LogP contribution is 2.30. The van der Waals surface area contributed by atoms with Gasteiger partial charge in [-0.3, -0.25) is 0 Å². The van der Waals surface area contributed by atoms with E-state index in [2.05, 4.69) is 0 Å². The van der Waals surface area contributed by atoms with Gasteiger partial charge in [-0.2, -0.15) is 0 Å². The van der Waals surface area contributed by atoms with Crippen molar-refractivity contribution in [3.05, 3.63) is 64.5 Å².